The van der Waals surface area contributed by atoms with Crippen molar-refractivity contribution in [2.24, 2.45) is 39.9 Å². The molecule has 0 heterocycles. The number of rotatable bonds is 4. The summed E-state index contributed by atoms with van der Waals surface area (Å²) in [5, 5.41) is 10.7. The lowest BCUT2D eigenvalue weighted by molar-refractivity contribution is -0.166. The second-order valence-electron chi connectivity index (χ2n) is 12.7. The van der Waals surface area contributed by atoms with Crippen LogP contribution in [-0.4, -0.2) is 35.9 Å². The summed E-state index contributed by atoms with van der Waals surface area (Å²) >= 11 is 0. The number of carbonyl (C=O) groups is 2. The number of esters is 2. The highest BCUT2D eigenvalue weighted by atomic mass is 16.5. The fourth-order valence-corrected chi connectivity index (χ4v) is 8.17. The van der Waals surface area contributed by atoms with Crippen molar-refractivity contribution < 1.29 is 24.2 Å². The molecule has 0 spiro atoms. The lowest BCUT2D eigenvalue weighted by atomic mass is 9.45. The molecular weight excluding hydrogens is 416 g/mol. The molecule has 0 aliphatic heterocycles. The lowest BCUT2D eigenvalue weighted by Gasteiger charge is -2.60. The van der Waals surface area contributed by atoms with E-state index in [2.05, 4.69) is 19.9 Å². The third-order valence-corrected chi connectivity index (χ3v) is 9.89. The minimum atomic E-state index is -0.488. The zero-order valence-electron chi connectivity index (χ0n) is 21.5. The second-order valence-corrected chi connectivity index (χ2v) is 12.7. The van der Waals surface area contributed by atoms with Crippen LogP contribution in [0.1, 0.15) is 92.9 Å². The van der Waals surface area contributed by atoms with Crippen LogP contribution in [0.2, 0.25) is 0 Å². The summed E-state index contributed by atoms with van der Waals surface area (Å²) in [6.45, 7) is 11.9. The number of aliphatic hydroxyl groups excluding tert-OH is 1. The van der Waals surface area contributed by atoms with E-state index in [0.29, 0.717) is 23.7 Å². The van der Waals surface area contributed by atoms with Gasteiger partial charge in [0.05, 0.1) is 5.41 Å². The van der Waals surface area contributed by atoms with Gasteiger partial charge in [0.2, 0.25) is 0 Å². The maximum Gasteiger partial charge on any atom is 0.311 e. The zero-order valence-corrected chi connectivity index (χ0v) is 21.5. The summed E-state index contributed by atoms with van der Waals surface area (Å²) < 4.78 is 11.5. The van der Waals surface area contributed by atoms with Crippen LogP contribution < -0.4 is 0 Å². The Morgan fingerprint density at radius 3 is 2.55 bits per heavy atom. The molecule has 1 N–H and O–H groups in total. The highest BCUT2D eigenvalue weighted by molar-refractivity contribution is 5.75. The number of carbonyl (C=O) groups excluding carboxylic acids is 2. The number of hydrogen-bond donors (Lipinski definition) is 1. The van der Waals surface area contributed by atoms with Gasteiger partial charge in [-0.15, -0.1) is 0 Å². The molecule has 3 saturated carbocycles. The molecule has 0 amide bonds. The van der Waals surface area contributed by atoms with Crippen molar-refractivity contribution in [3.8, 4) is 0 Å². The predicted molar refractivity (Wildman–Crippen MR) is 127 cm³/mol. The maximum absolute atomic E-state index is 12.6. The Balaban J connectivity index is 1.51. The van der Waals surface area contributed by atoms with Crippen molar-refractivity contribution in [1.82, 2.24) is 0 Å². The van der Waals surface area contributed by atoms with Crippen LogP contribution in [0.3, 0.4) is 0 Å². The van der Waals surface area contributed by atoms with Crippen molar-refractivity contribution in [3.63, 3.8) is 0 Å². The van der Waals surface area contributed by atoms with Crippen molar-refractivity contribution in [3.05, 3.63) is 11.6 Å². The number of ether oxygens (including phenoxy) is 2. The van der Waals surface area contributed by atoms with Gasteiger partial charge in [0.25, 0.3) is 0 Å². The van der Waals surface area contributed by atoms with E-state index in [1.807, 2.05) is 20.8 Å². The molecule has 0 aromatic rings. The Hall–Kier alpha value is -1.36. The highest BCUT2D eigenvalue weighted by Crippen LogP contribution is 2.66. The predicted octanol–water partition coefficient (Wildman–Crippen LogP) is 5.45. The molecule has 0 radical (unpaired) electrons. The quantitative estimate of drug-likeness (QED) is 0.446. The van der Waals surface area contributed by atoms with Gasteiger partial charge in [-0.1, -0.05) is 18.6 Å². The molecule has 8 atom stereocenters. The molecule has 0 unspecified atom stereocenters. The van der Waals surface area contributed by atoms with Crippen LogP contribution in [0, 0.1) is 39.9 Å². The van der Waals surface area contributed by atoms with E-state index in [-0.39, 0.29) is 41.6 Å². The van der Waals surface area contributed by atoms with E-state index in [4.69, 9.17) is 9.47 Å². The average Bonchev–Trinajstić information content (AvgIpc) is 3.09. The Morgan fingerprint density at radius 1 is 1.18 bits per heavy atom. The van der Waals surface area contributed by atoms with Crippen LogP contribution in [-0.2, 0) is 19.1 Å². The van der Waals surface area contributed by atoms with Crippen LogP contribution >= 0.6 is 0 Å². The van der Waals surface area contributed by atoms with Gasteiger partial charge >= 0.3 is 11.9 Å². The molecule has 0 saturated heterocycles. The minimum Gasteiger partial charge on any atom is -0.463 e. The molecule has 5 heteroatoms. The molecule has 0 aromatic carbocycles. The van der Waals surface area contributed by atoms with Crippen LogP contribution in [0.25, 0.3) is 0 Å². The number of aliphatic hydroxyl groups is 1. The smallest absolute Gasteiger partial charge is 0.311 e. The number of hydrogen-bond acceptors (Lipinski definition) is 5. The Morgan fingerprint density at radius 2 is 1.91 bits per heavy atom. The first-order chi connectivity index (χ1) is 15.4. The van der Waals surface area contributed by atoms with Gasteiger partial charge in [0.15, 0.2) is 0 Å². The largest absolute Gasteiger partial charge is 0.463 e. The summed E-state index contributed by atoms with van der Waals surface area (Å²) in [5.41, 5.74) is 1.09. The van der Waals surface area contributed by atoms with E-state index in [1.165, 1.54) is 6.92 Å². The SMILES string of the molecule is CC(=O)O[C@H]1CC[C@@]2(CO)[C@@H](CC[C@H]3C4=CC[C@H]([C@H](C)OC(=O)C(C)(C)C)[C@@]4(C)CC[C@@H]32)C1. The van der Waals surface area contributed by atoms with Gasteiger partial charge in [0.1, 0.15) is 12.2 Å². The van der Waals surface area contributed by atoms with Gasteiger partial charge in [-0.2, -0.15) is 0 Å². The van der Waals surface area contributed by atoms with E-state index in [9.17, 15) is 14.7 Å². The van der Waals surface area contributed by atoms with Crippen molar-refractivity contribution >= 4 is 11.9 Å². The van der Waals surface area contributed by atoms with Gasteiger partial charge in [-0.3, -0.25) is 9.59 Å². The van der Waals surface area contributed by atoms with E-state index < -0.39 is 5.41 Å². The molecule has 4 aliphatic carbocycles. The van der Waals surface area contributed by atoms with Gasteiger partial charge in [-0.05, 0) is 108 Å². The maximum atomic E-state index is 12.6. The zero-order chi connectivity index (χ0) is 24.2. The highest BCUT2D eigenvalue weighted by Gasteiger charge is 2.60. The molecule has 4 aliphatic rings. The molecule has 4 rings (SSSR count). The van der Waals surface area contributed by atoms with E-state index in [0.717, 1.165) is 51.4 Å². The van der Waals surface area contributed by atoms with Crippen LogP contribution in [0.5, 0.6) is 0 Å². The third kappa shape index (κ3) is 4.17. The number of fused-ring (bicyclic) bond motifs is 5. The minimum absolute atomic E-state index is 0.00556. The van der Waals surface area contributed by atoms with Crippen molar-refractivity contribution in [2.45, 2.75) is 105 Å². The topological polar surface area (TPSA) is 72.8 Å². The lowest BCUT2D eigenvalue weighted by Crippen LogP contribution is -2.55. The number of allylic oxidation sites excluding steroid dienone is 2. The van der Waals surface area contributed by atoms with Gasteiger partial charge < -0.3 is 14.6 Å². The Labute approximate surface area is 199 Å². The van der Waals surface area contributed by atoms with Gasteiger partial charge in [0, 0.05) is 19.4 Å². The first-order valence-corrected chi connectivity index (χ1v) is 13.1. The van der Waals surface area contributed by atoms with Gasteiger partial charge in [-0.25, -0.2) is 0 Å². The van der Waals surface area contributed by atoms with Crippen LogP contribution in [0.4, 0.5) is 0 Å². The summed E-state index contributed by atoms with van der Waals surface area (Å²) in [5.74, 6) is 1.43. The van der Waals surface area contributed by atoms with Crippen LogP contribution in [0.15, 0.2) is 11.6 Å². The molecule has 0 bridgehead atoms. The summed E-state index contributed by atoms with van der Waals surface area (Å²) in [6, 6.07) is 0. The second kappa shape index (κ2) is 8.70. The fourth-order valence-electron chi connectivity index (χ4n) is 8.17. The first-order valence-electron chi connectivity index (χ1n) is 13.1. The Bertz CT molecular complexity index is 810. The first kappa shape index (κ1) is 24.8. The summed E-state index contributed by atoms with van der Waals surface area (Å²) in [7, 11) is 0. The van der Waals surface area contributed by atoms with Crippen molar-refractivity contribution in [2.75, 3.05) is 6.61 Å². The molecular formula is C28H44O5. The fraction of sp³-hybridized carbons (Fsp3) is 0.857. The monoisotopic (exact) mass is 460 g/mol. The molecule has 3 fully saturated rings. The molecule has 0 aromatic heterocycles. The van der Waals surface area contributed by atoms with E-state index in [1.54, 1.807) is 5.57 Å². The van der Waals surface area contributed by atoms with E-state index >= 15 is 0 Å². The average molecular weight is 461 g/mol. The molecule has 5 nitrogen and oxygen atoms in total. The third-order valence-electron chi connectivity index (χ3n) is 9.89. The summed E-state index contributed by atoms with van der Waals surface area (Å²) in [6.07, 6.45) is 10.5. The molecule has 186 valence electrons. The standard InChI is InChI=1S/C28H44O5/c1-17(32-25(31)26(3,4)5)22-9-10-23-21-8-7-19-15-20(33-18(2)30)11-14-28(19,16-29)24(21)12-13-27(22,23)6/h10,17,19-22,24,29H,7-9,11-16H2,1-6H3/t17-,19-,20-,21-,22+,24-,27+,28+/m0/s1. The van der Waals surface area contributed by atoms with Crippen molar-refractivity contribution in [1.29, 1.82) is 0 Å². The normalized spacial score (nSPS) is 41.2. The molecule has 33 heavy (non-hydrogen) atoms. The Kier molecular flexibility index (Phi) is 6.52. The summed E-state index contributed by atoms with van der Waals surface area (Å²) in [4.78, 5) is 24.1.